The van der Waals surface area contributed by atoms with E-state index in [1.54, 1.807) is 0 Å². The molecule has 3 nitrogen and oxygen atoms in total. The highest BCUT2D eigenvalue weighted by Crippen LogP contribution is 2.32. The third-order valence-electron chi connectivity index (χ3n) is 2.47. The summed E-state index contributed by atoms with van der Waals surface area (Å²) >= 11 is 0. The topological polar surface area (TPSA) is 32.3 Å². The van der Waals surface area contributed by atoms with Crippen LogP contribution in [0, 0.1) is 0 Å². The predicted octanol–water partition coefficient (Wildman–Crippen LogP) is 3.03. The van der Waals surface area contributed by atoms with Gasteiger partial charge in [0.2, 0.25) is 0 Å². The number of hydrogen-bond acceptors (Lipinski definition) is 1. The first kappa shape index (κ1) is 15.1. The maximum atomic E-state index is 12.8. The molecule has 0 fully saturated rings. The number of nitrogens with zero attached hydrogens (tertiary/aromatic N) is 1. The van der Waals surface area contributed by atoms with E-state index in [-0.39, 0.29) is 18.7 Å². The molecule has 0 spiro atoms. The predicted molar refractivity (Wildman–Crippen MR) is 66.5 cm³/mol. The molecule has 2 amide bonds. The van der Waals surface area contributed by atoms with E-state index in [4.69, 9.17) is 0 Å². The lowest BCUT2D eigenvalue weighted by atomic mass is 10.1. The summed E-state index contributed by atoms with van der Waals surface area (Å²) < 4.78 is 38.3. The van der Waals surface area contributed by atoms with Crippen molar-refractivity contribution in [2.24, 2.45) is 0 Å². The minimum atomic E-state index is -4.42. The Hall–Kier alpha value is -1.98. The second-order valence-corrected chi connectivity index (χ2v) is 3.99. The van der Waals surface area contributed by atoms with Gasteiger partial charge < -0.3 is 10.2 Å². The highest BCUT2D eigenvalue weighted by molar-refractivity contribution is 5.74. The number of carbonyl (C=O) groups is 1. The first-order chi connectivity index (χ1) is 8.86. The molecule has 0 aliphatic carbocycles. The molecular weight excluding hydrogens is 257 g/mol. The van der Waals surface area contributed by atoms with Gasteiger partial charge in [0, 0.05) is 20.1 Å². The van der Waals surface area contributed by atoms with Gasteiger partial charge in [0.15, 0.2) is 0 Å². The largest absolute Gasteiger partial charge is 0.416 e. The van der Waals surface area contributed by atoms with E-state index >= 15 is 0 Å². The van der Waals surface area contributed by atoms with Gasteiger partial charge in [-0.25, -0.2) is 4.79 Å². The Balaban J connectivity index is 2.82. The normalized spacial score (nSPS) is 10.9. The van der Waals surface area contributed by atoms with E-state index in [0.29, 0.717) is 0 Å². The molecule has 6 heteroatoms. The van der Waals surface area contributed by atoms with Gasteiger partial charge in [0.25, 0.3) is 0 Å². The van der Waals surface area contributed by atoms with Crippen molar-refractivity contribution in [1.29, 1.82) is 0 Å². The third-order valence-corrected chi connectivity index (χ3v) is 2.47. The van der Waals surface area contributed by atoms with Crippen molar-refractivity contribution in [1.82, 2.24) is 10.2 Å². The standard InChI is InChI=1S/C13H15F3N2O/c1-3-8-17-12(19)18(2)9-10-6-4-5-7-11(10)13(14,15)16/h3-7H,1,8-9H2,2H3,(H,17,19). The maximum Gasteiger partial charge on any atom is 0.416 e. The zero-order valence-electron chi connectivity index (χ0n) is 10.5. The number of benzene rings is 1. The number of hydrogen-bond donors (Lipinski definition) is 1. The number of carbonyl (C=O) groups excluding carboxylic acids is 1. The highest BCUT2D eigenvalue weighted by atomic mass is 19.4. The van der Waals surface area contributed by atoms with Crippen molar-refractivity contribution in [3.63, 3.8) is 0 Å². The van der Waals surface area contributed by atoms with Crippen molar-refractivity contribution in [3.05, 3.63) is 48.0 Å². The van der Waals surface area contributed by atoms with Crippen LogP contribution in [0.3, 0.4) is 0 Å². The highest BCUT2D eigenvalue weighted by Gasteiger charge is 2.33. The molecule has 0 saturated carbocycles. The quantitative estimate of drug-likeness (QED) is 0.839. The molecule has 19 heavy (non-hydrogen) atoms. The number of halogens is 3. The van der Waals surface area contributed by atoms with Crippen LogP contribution in [0.5, 0.6) is 0 Å². The van der Waals surface area contributed by atoms with Crippen LogP contribution in [-0.4, -0.2) is 24.5 Å². The number of alkyl halides is 3. The summed E-state index contributed by atoms with van der Waals surface area (Å²) in [6.07, 6.45) is -2.93. The second-order valence-electron chi connectivity index (χ2n) is 3.99. The van der Waals surface area contributed by atoms with Crippen LogP contribution in [0.25, 0.3) is 0 Å². The van der Waals surface area contributed by atoms with Crippen molar-refractivity contribution in [2.75, 3.05) is 13.6 Å². The average molecular weight is 272 g/mol. The lowest BCUT2D eigenvalue weighted by molar-refractivity contribution is -0.138. The molecule has 1 N–H and O–H groups in total. The lowest BCUT2D eigenvalue weighted by Gasteiger charge is -2.20. The van der Waals surface area contributed by atoms with E-state index in [9.17, 15) is 18.0 Å². The smallest absolute Gasteiger partial charge is 0.335 e. The van der Waals surface area contributed by atoms with Gasteiger partial charge in [-0.15, -0.1) is 6.58 Å². The maximum absolute atomic E-state index is 12.8. The molecule has 0 unspecified atom stereocenters. The Bertz CT molecular complexity index is 457. The SMILES string of the molecule is C=CCNC(=O)N(C)Cc1ccccc1C(F)(F)F. The Morgan fingerprint density at radius 1 is 1.42 bits per heavy atom. The van der Waals surface area contributed by atoms with Gasteiger partial charge in [-0.1, -0.05) is 24.3 Å². The molecule has 0 aliphatic rings. The molecule has 0 bridgehead atoms. The van der Waals surface area contributed by atoms with Crippen LogP contribution in [0.15, 0.2) is 36.9 Å². The molecule has 0 radical (unpaired) electrons. The monoisotopic (exact) mass is 272 g/mol. The third kappa shape index (κ3) is 4.31. The summed E-state index contributed by atoms with van der Waals surface area (Å²) in [6, 6.07) is 4.76. The number of nitrogens with one attached hydrogen (secondary N) is 1. The summed E-state index contributed by atoms with van der Waals surface area (Å²) in [6.45, 7) is 3.60. The van der Waals surface area contributed by atoms with E-state index < -0.39 is 17.8 Å². The van der Waals surface area contributed by atoms with E-state index in [2.05, 4.69) is 11.9 Å². The molecule has 1 rings (SSSR count). The summed E-state index contributed by atoms with van der Waals surface area (Å²) in [4.78, 5) is 12.7. The summed E-state index contributed by atoms with van der Waals surface area (Å²) in [7, 11) is 1.44. The Morgan fingerprint density at radius 3 is 2.63 bits per heavy atom. The molecular formula is C13H15F3N2O. The fourth-order valence-corrected chi connectivity index (χ4v) is 1.56. The van der Waals surface area contributed by atoms with Crippen LogP contribution in [-0.2, 0) is 12.7 Å². The number of urea groups is 1. The molecule has 1 aromatic carbocycles. The minimum Gasteiger partial charge on any atom is -0.335 e. The number of rotatable bonds is 4. The molecule has 0 aliphatic heterocycles. The van der Waals surface area contributed by atoms with Crippen molar-refractivity contribution in [2.45, 2.75) is 12.7 Å². The average Bonchev–Trinajstić information content (AvgIpc) is 2.35. The lowest BCUT2D eigenvalue weighted by Crippen LogP contribution is -2.37. The van der Waals surface area contributed by atoms with Gasteiger partial charge in [-0.05, 0) is 11.6 Å². The minimum absolute atomic E-state index is 0.0613. The Labute approximate surface area is 109 Å². The first-order valence-corrected chi connectivity index (χ1v) is 5.61. The van der Waals surface area contributed by atoms with Crippen LogP contribution in [0.2, 0.25) is 0 Å². The zero-order valence-corrected chi connectivity index (χ0v) is 10.5. The van der Waals surface area contributed by atoms with E-state index in [1.165, 1.54) is 36.2 Å². The van der Waals surface area contributed by atoms with Crippen LogP contribution < -0.4 is 5.32 Å². The molecule has 0 saturated heterocycles. The molecule has 0 atom stereocenters. The van der Waals surface area contributed by atoms with Gasteiger partial charge in [-0.2, -0.15) is 13.2 Å². The molecule has 0 aromatic heterocycles. The Morgan fingerprint density at radius 2 is 2.05 bits per heavy atom. The summed E-state index contributed by atoms with van der Waals surface area (Å²) in [5, 5.41) is 2.50. The summed E-state index contributed by atoms with van der Waals surface area (Å²) in [5.74, 6) is 0. The van der Waals surface area contributed by atoms with Gasteiger partial charge in [-0.3, -0.25) is 0 Å². The van der Waals surface area contributed by atoms with Gasteiger partial charge in [0.1, 0.15) is 0 Å². The molecule has 0 heterocycles. The second kappa shape index (κ2) is 6.26. The van der Waals surface area contributed by atoms with Gasteiger partial charge in [0.05, 0.1) is 5.56 Å². The van der Waals surface area contributed by atoms with Crippen LogP contribution in [0.4, 0.5) is 18.0 Å². The van der Waals surface area contributed by atoms with E-state index in [1.807, 2.05) is 0 Å². The fraction of sp³-hybridized carbons (Fsp3) is 0.308. The number of amides is 2. The fourth-order valence-electron chi connectivity index (χ4n) is 1.56. The molecule has 104 valence electrons. The molecule has 1 aromatic rings. The zero-order chi connectivity index (χ0) is 14.5. The van der Waals surface area contributed by atoms with Gasteiger partial charge >= 0.3 is 12.2 Å². The summed E-state index contributed by atoms with van der Waals surface area (Å²) in [5.41, 5.74) is -0.662. The van der Waals surface area contributed by atoms with Crippen LogP contribution in [0.1, 0.15) is 11.1 Å². The Kier molecular flexibility index (Phi) is 4.97. The van der Waals surface area contributed by atoms with Crippen molar-refractivity contribution < 1.29 is 18.0 Å². The van der Waals surface area contributed by atoms with Crippen LogP contribution >= 0.6 is 0 Å². The first-order valence-electron chi connectivity index (χ1n) is 5.61. The van der Waals surface area contributed by atoms with Crippen molar-refractivity contribution in [3.8, 4) is 0 Å². The van der Waals surface area contributed by atoms with E-state index in [0.717, 1.165) is 6.07 Å². The van der Waals surface area contributed by atoms with Crippen molar-refractivity contribution >= 4 is 6.03 Å².